The maximum Gasteiger partial charge on any atom is 0.200 e. The van der Waals surface area contributed by atoms with E-state index in [4.69, 9.17) is 0 Å². The van der Waals surface area contributed by atoms with Gasteiger partial charge in [-0.3, -0.25) is 9.59 Å². The lowest BCUT2D eigenvalue weighted by Gasteiger charge is -2.01. The average molecular weight is 296 g/mol. The highest BCUT2D eigenvalue weighted by atomic mass is 32.1. The van der Waals surface area contributed by atoms with Crippen molar-refractivity contribution in [3.63, 3.8) is 0 Å². The number of carbonyl (C=O) groups is 2. The van der Waals surface area contributed by atoms with Crippen molar-refractivity contribution < 1.29 is 9.59 Å². The summed E-state index contributed by atoms with van der Waals surface area (Å²) in [5, 5.41) is 3.05. The number of fused-ring (bicyclic) bond motifs is 1. The first kappa shape index (κ1) is 13.6. The third kappa shape index (κ3) is 3.03. The molecule has 1 aromatic carbocycles. The molecule has 0 N–H and O–H groups in total. The van der Waals surface area contributed by atoms with Gasteiger partial charge in [0.1, 0.15) is 0 Å². The third-order valence-electron chi connectivity index (χ3n) is 3.17. The Morgan fingerprint density at radius 1 is 1.00 bits per heavy atom. The van der Waals surface area contributed by atoms with E-state index in [1.54, 1.807) is 17.4 Å². The Labute approximate surface area is 125 Å². The van der Waals surface area contributed by atoms with Crippen molar-refractivity contribution in [1.29, 1.82) is 0 Å². The summed E-state index contributed by atoms with van der Waals surface area (Å²) in [5.41, 5.74) is 0.641. The molecule has 3 aromatic rings. The van der Waals surface area contributed by atoms with Gasteiger partial charge in [0.2, 0.25) is 0 Å². The predicted octanol–water partition coefficient (Wildman–Crippen LogP) is 3.54. The fourth-order valence-electron chi connectivity index (χ4n) is 2.07. The minimum absolute atomic E-state index is 0.0348. The number of ketones is 2. The van der Waals surface area contributed by atoms with Gasteiger partial charge in [0.15, 0.2) is 17.4 Å². The number of Topliss-reactive ketones (excluding diaryl/α,β-unsaturated/α-hetero) is 2. The van der Waals surface area contributed by atoms with E-state index in [0.29, 0.717) is 5.56 Å². The minimum atomic E-state index is -0.208. The third-order valence-corrected chi connectivity index (χ3v) is 4.07. The molecule has 4 nitrogen and oxygen atoms in total. The standard InChI is InChI=1S/C16H12N2O2S/c19-13(3-4-14(20)16-17-7-1-8-18-16)11-2-5-15-12(10-11)6-9-21-15/h1-2,5-10H,3-4H2. The zero-order valence-corrected chi connectivity index (χ0v) is 12.0. The summed E-state index contributed by atoms with van der Waals surface area (Å²) in [7, 11) is 0. The van der Waals surface area contributed by atoms with Crippen molar-refractivity contribution >= 4 is 33.0 Å². The van der Waals surface area contributed by atoms with E-state index in [1.165, 1.54) is 12.4 Å². The number of aromatic nitrogens is 2. The Kier molecular flexibility index (Phi) is 3.83. The first-order valence-corrected chi connectivity index (χ1v) is 7.43. The molecule has 3 rings (SSSR count). The largest absolute Gasteiger partial charge is 0.294 e. The smallest absolute Gasteiger partial charge is 0.200 e. The van der Waals surface area contributed by atoms with E-state index in [2.05, 4.69) is 9.97 Å². The molecule has 0 radical (unpaired) electrons. The molecule has 0 aliphatic rings. The fraction of sp³-hybridized carbons (Fsp3) is 0.125. The van der Waals surface area contributed by atoms with Gasteiger partial charge < -0.3 is 0 Å². The lowest BCUT2D eigenvalue weighted by atomic mass is 10.0. The molecule has 0 aliphatic carbocycles. The number of carbonyl (C=O) groups excluding carboxylic acids is 2. The zero-order valence-electron chi connectivity index (χ0n) is 11.2. The second-order valence-electron chi connectivity index (χ2n) is 4.59. The van der Waals surface area contributed by atoms with Crippen LogP contribution in [0.4, 0.5) is 0 Å². The van der Waals surface area contributed by atoms with E-state index in [9.17, 15) is 9.59 Å². The Balaban J connectivity index is 1.67. The van der Waals surface area contributed by atoms with Crippen LogP contribution in [0.25, 0.3) is 10.1 Å². The van der Waals surface area contributed by atoms with Crippen LogP contribution in [-0.2, 0) is 0 Å². The van der Waals surface area contributed by atoms with Gasteiger partial charge >= 0.3 is 0 Å². The molecule has 0 amide bonds. The van der Waals surface area contributed by atoms with Crippen molar-refractivity contribution in [1.82, 2.24) is 9.97 Å². The SMILES string of the molecule is O=C(CCC(=O)c1ncccn1)c1ccc2sccc2c1. The van der Waals surface area contributed by atoms with Crippen molar-refractivity contribution in [3.8, 4) is 0 Å². The Morgan fingerprint density at radius 2 is 1.76 bits per heavy atom. The van der Waals surface area contributed by atoms with E-state index in [1.807, 2.05) is 29.6 Å². The lowest BCUT2D eigenvalue weighted by Crippen LogP contribution is -2.08. The number of hydrogen-bond acceptors (Lipinski definition) is 5. The summed E-state index contributed by atoms with van der Waals surface area (Å²) in [6.07, 6.45) is 3.34. The molecule has 0 spiro atoms. The van der Waals surface area contributed by atoms with Crippen molar-refractivity contribution in [2.45, 2.75) is 12.8 Å². The van der Waals surface area contributed by atoms with E-state index >= 15 is 0 Å². The van der Waals surface area contributed by atoms with Gasteiger partial charge in [0.05, 0.1) is 0 Å². The van der Waals surface area contributed by atoms with Crippen LogP contribution in [0.3, 0.4) is 0 Å². The predicted molar refractivity (Wildman–Crippen MR) is 81.8 cm³/mol. The van der Waals surface area contributed by atoms with Gasteiger partial charge in [-0.2, -0.15) is 0 Å². The van der Waals surface area contributed by atoms with Gasteiger partial charge in [-0.25, -0.2) is 9.97 Å². The van der Waals surface area contributed by atoms with Crippen LogP contribution in [0, 0.1) is 0 Å². The number of thiophene rings is 1. The van der Waals surface area contributed by atoms with Crippen LogP contribution in [0.15, 0.2) is 48.1 Å². The molecule has 104 valence electrons. The highest BCUT2D eigenvalue weighted by Crippen LogP contribution is 2.22. The first-order valence-electron chi connectivity index (χ1n) is 6.55. The Hall–Kier alpha value is -2.40. The second kappa shape index (κ2) is 5.93. The molecular weight excluding hydrogens is 284 g/mol. The second-order valence-corrected chi connectivity index (χ2v) is 5.54. The number of hydrogen-bond donors (Lipinski definition) is 0. The summed E-state index contributed by atoms with van der Waals surface area (Å²) in [4.78, 5) is 31.8. The molecule has 0 unspecified atom stereocenters. The van der Waals surface area contributed by atoms with Crippen molar-refractivity contribution in [2.75, 3.05) is 0 Å². The number of nitrogens with zero attached hydrogens (tertiary/aromatic N) is 2. The van der Waals surface area contributed by atoms with Crippen LogP contribution in [0.1, 0.15) is 33.8 Å². The monoisotopic (exact) mass is 296 g/mol. The van der Waals surface area contributed by atoms with Crippen LogP contribution in [-0.4, -0.2) is 21.5 Å². The van der Waals surface area contributed by atoms with Gasteiger partial charge in [0.25, 0.3) is 0 Å². The van der Waals surface area contributed by atoms with Gasteiger partial charge in [-0.05, 0) is 41.1 Å². The minimum Gasteiger partial charge on any atom is -0.294 e. The van der Waals surface area contributed by atoms with Crippen molar-refractivity contribution in [2.24, 2.45) is 0 Å². The molecule has 0 saturated carbocycles. The van der Waals surface area contributed by atoms with E-state index in [0.717, 1.165) is 10.1 Å². The van der Waals surface area contributed by atoms with Crippen molar-refractivity contribution in [3.05, 3.63) is 59.5 Å². The first-order chi connectivity index (χ1) is 10.2. The molecule has 0 aliphatic heterocycles. The Bertz CT molecular complexity index is 796. The van der Waals surface area contributed by atoms with Crippen LogP contribution in [0.5, 0.6) is 0 Å². The number of benzene rings is 1. The molecule has 0 atom stereocenters. The summed E-state index contributed by atoms with van der Waals surface area (Å²) in [5.74, 6) is -0.0773. The quantitative estimate of drug-likeness (QED) is 0.676. The maximum atomic E-state index is 12.2. The molecule has 0 fully saturated rings. The van der Waals surface area contributed by atoms with Gasteiger partial charge in [-0.1, -0.05) is 0 Å². The zero-order chi connectivity index (χ0) is 14.7. The maximum absolute atomic E-state index is 12.2. The molecule has 5 heteroatoms. The average Bonchev–Trinajstić information content (AvgIpc) is 3.00. The molecule has 21 heavy (non-hydrogen) atoms. The fourth-order valence-corrected chi connectivity index (χ4v) is 2.84. The van der Waals surface area contributed by atoms with E-state index in [-0.39, 0.29) is 30.2 Å². The molecule has 0 bridgehead atoms. The number of rotatable bonds is 5. The highest BCUT2D eigenvalue weighted by Gasteiger charge is 2.13. The molecule has 0 saturated heterocycles. The summed E-state index contributed by atoms with van der Waals surface area (Å²) < 4.78 is 1.15. The topological polar surface area (TPSA) is 59.9 Å². The summed E-state index contributed by atoms with van der Waals surface area (Å²) in [6.45, 7) is 0. The van der Waals surface area contributed by atoms with E-state index < -0.39 is 0 Å². The highest BCUT2D eigenvalue weighted by molar-refractivity contribution is 7.17. The van der Waals surface area contributed by atoms with Crippen LogP contribution >= 0.6 is 11.3 Å². The van der Waals surface area contributed by atoms with Crippen LogP contribution < -0.4 is 0 Å². The molecule has 2 heterocycles. The Morgan fingerprint density at radius 3 is 2.57 bits per heavy atom. The van der Waals surface area contributed by atoms with Gasteiger partial charge in [0, 0.05) is 35.5 Å². The lowest BCUT2D eigenvalue weighted by molar-refractivity contribution is 0.0912. The van der Waals surface area contributed by atoms with Gasteiger partial charge in [-0.15, -0.1) is 11.3 Å². The normalized spacial score (nSPS) is 10.7. The summed E-state index contributed by atoms with van der Waals surface area (Å²) in [6, 6.07) is 9.26. The van der Waals surface area contributed by atoms with Crippen LogP contribution in [0.2, 0.25) is 0 Å². The molecule has 2 aromatic heterocycles. The summed E-state index contributed by atoms with van der Waals surface area (Å²) >= 11 is 1.64. The molecular formula is C16H12N2O2S.